The van der Waals surface area contributed by atoms with Crippen molar-refractivity contribution in [1.29, 1.82) is 0 Å². The number of carbonyl (C=O) groups excluding carboxylic acids is 2. The number of nitrogens with one attached hydrogen (secondary N) is 1. The Hall–Kier alpha value is -3.12. The van der Waals surface area contributed by atoms with Crippen LogP contribution in [0.3, 0.4) is 0 Å². The molecule has 2 aliphatic rings. The van der Waals surface area contributed by atoms with Crippen LogP contribution in [-0.4, -0.2) is 86.3 Å². The highest BCUT2D eigenvalue weighted by molar-refractivity contribution is 7.87. The fourth-order valence-electron chi connectivity index (χ4n) is 4.32. The summed E-state index contributed by atoms with van der Waals surface area (Å²) in [6, 6.07) is 0. The number of carbonyl (C=O) groups is 2. The lowest BCUT2D eigenvalue weighted by molar-refractivity contribution is -0.196. The number of amides is 2. The number of fused-ring (bicyclic) bond motifs is 2. The largest absolute Gasteiger partial charge is 0.444 e. The second kappa shape index (κ2) is 10.1. The molecule has 4 heterocycles. The minimum Gasteiger partial charge on any atom is -0.444 e. The molecule has 2 aliphatic heterocycles. The van der Waals surface area contributed by atoms with Crippen LogP contribution in [0, 0.1) is 0 Å². The Kier molecular flexibility index (Phi) is 7.51. The lowest BCUT2D eigenvalue weighted by Crippen LogP contribution is -2.49. The van der Waals surface area contributed by atoms with Gasteiger partial charge in [0.05, 0.1) is 12.9 Å². The van der Waals surface area contributed by atoms with Crippen molar-refractivity contribution in [2.45, 2.75) is 96.9 Å². The summed E-state index contributed by atoms with van der Waals surface area (Å²) in [7, 11) is -4.53. The first kappa shape index (κ1) is 29.9. The van der Waals surface area contributed by atoms with Crippen LogP contribution in [0.25, 0.3) is 11.2 Å². The van der Waals surface area contributed by atoms with E-state index < -0.39 is 70.5 Å². The first-order valence-corrected chi connectivity index (χ1v) is 14.0. The molecule has 0 unspecified atom stereocenters. The maximum atomic E-state index is 12.8. The van der Waals surface area contributed by atoms with Crippen LogP contribution < -0.4 is 10.5 Å². The van der Waals surface area contributed by atoms with Crippen molar-refractivity contribution in [2.75, 3.05) is 11.9 Å². The summed E-state index contributed by atoms with van der Waals surface area (Å²) in [4.78, 5) is 37.8. The Morgan fingerprint density at radius 2 is 1.70 bits per heavy atom. The summed E-state index contributed by atoms with van der Waals surface area (Å²) < 4.78 is 55.6. The van der Waals surface area contributed by atoms with Gasteiger partial charge in [0.2, 0.25) is 0 Å². The number of rotatable bonds is 5. The second-order valence-corrected chi connectivity index (χ2v) is 13.3. The molecule has 2 aromatic rings. The van der Waals surface area contributed by atoms with Crippen molar-refractivity contribution in [1.82, 2.24) is 23.8 Å². The molecule has 16 nitrogen and oxygen atoms in total. The van der Waals surface area contributed by atoms with E-state index in [9.17, 15) is 18.0 Å². The highest BCUT2D eigenvalue weighted by Gasteiger charge is 2.57. The van der Waals surface area contributed by atoms with Gasteiger partial charge < -0.3 is 23.7 Å². The van der Waals surface area contributed by atoms with Crippen LogP contribution in [-0.2, 0) is 33.9 Å². The standard InChI is InChI=1S/C23H35N7O9S/c1-21(2,3)38-19(31)28-16-13-17(26-10-25-16)29(11-27-13)18-15-14(36-23(7,8)37-15)12(35-18)9-30(40(24,33)34)20(32)39-22(4,5)6/h10-12,14-15,18H,9H2,1-8H3,(H2,24,33,34)(H,25,26,28,31)/t12-,14-,15-,18-/m1/s1. The summed E-state index contributed by atoms with van der Waals surface area (Å²) in [5.74, 6) is -0.943. The third kappa shape index (κ3) is 6.60. The molecule has 0 aliphatic carbocycles. The third-order valence-electron chi connectivity index (χ3n) is 5.63. The van der Waals surface area contributed by atoms with Crippen LogP contribution in [0.15, 0.2) is 12.7 Å². The predicted molar refractivity (Wildman–Crippen MR) is 139 cm³/mol. The molecule has 2 fully saturated rings. The lowest BCUT2D eigenvalue weighted by Gasteiger charge is -2.29. The van der Waals surface area contributed by atoms with E-state index in [0.717, 1.165) is 0 Å². The normalized spacial score (nSPS) is 24.5. The van der Waals surface area contributed by atoms with Crippen LogP contribution in [0.4, 0.5) is 15.4 Å². The zero-order chi connectivity index (χ0) is 29.8. The molecule has 2 amide bonds. The smallest absolute Gasteiger partial charge is 0.425 e. The molecule has 4 atom stereocenters. The summed E-state index contributed by atoms with van der Waals surface area (Å²) >= 11 is 0. The van der Waals surface area contributed by atoms with Gasteiger partial charge in [-0.15, -0.1) is 0 Å². The van der Waals surface area contributed by atoms with E-state index in [0.29, 0.717) is 4.31 Å². The van der Waals surface area contributed by atoms with Crippen LogP contribution in [0.5, 0.6) is 0 Å². The molecule has 0 spiro atoms. The van der Waals surface area contributed by atoms with Gasteiger partial charge in [-0.2, -0.15) is 12.7 Å². The lowest BCUT2D eigenvalue weighted by atomic mass is 10.1. The molecular formula is C23H35N7O9S. The van der Waals surface area contributed by atoms with Gasteiger partial charge in [-0.25, -0.2) is 29.7 Å². The van der Waals surface area contributed by atoms with Crippen molar-refractivity contribution >= 4 is 39.4 Å². The van der Waals surface area contributed by atoms with Gasteiger partial charge in [-0.3, -0.25) is 9.88 Å². The van der Waals surface area contributed by atoms with Gasteiger partial charge in [0, 0.05) is 0 Å². The quantitative estimate of drug-likeness (QED) is 0.518. The predicted octanol–water partition coefficient (Wildman–Crippen LogP) is 2.03. The Morgan fingerprint density at radius 1 is 1.07 bits per heavy atom. The fraction of sp³-hybridized carbons (Fsp3) is 0.696. The third-order valence-corrected chi connectivity index (χ3v) is 6.54. The molecule has 0 saturated carbocycles. The van der Waals surface area contributed by atoms with Gasteiger partial charge in [0.1, 0.15) is 35.8 Å². The van der Waals surface area contributed by atoms with Crippen LogP contribution in [0.2, 0.25) is 0 Å². The zero-order valence-electron chi connectivity index (χ0n) is 23.6. The number of hydrogen-bond acceptors (Lipinski definition) is 12. The monoisotopic (exact) mass is 585 g/mol. The van der Waals surface area contributed by atoms with E-state index in [1.54, 1.807) is 60.0 Å². The molecule has 222 valence electrons. The van der Waals surface area contributed by atoms with Crippen molar-refractivity contribution in [2.24, 2.45) is 5.14 Å². The van der Waals surface area contributed by atoms with Crippen LogP contribution >= 0.6 is 0 Å². The maximum absolute atomic E-state index is 12.8. The molecular weight excluding hydrogens is 550 g/mol. The van der Waals surface area contributed by atoms with E-state index in [1.165, 1.54) is 12.7 Å². The number of nitrogens with zero attached hydrogens (tertiary/aromatic N) is 5. The van der Waals surface area contributed by atoms with Crippen molar-refractivity contribution in [3.63, 3.8) is 0 Å². The van der Waals surface area contributed by atoms with Gasteiger partial charge >= 0.3 is 22.4 Å². The van der Waals surface area contributed by atoms with E-state index >= 15 is 0 Å². The first-order chi connectivity index (χ1) is 18.2. The number of anilines is 1. The molecule has 0 radical (unpaired) electrons. The Labute approximate surface area is 231 Å². The molecule has 4 rings (SSSR count). The zero-order valence-corrected chi connectivity index (χ0v) is 24.4. The van der Waals surface area contributed by atoms with Gasteiger partial charge in [0.25, 0.3) is 0 Å². The Morgan fingerprint density at radius 3 is 2.30 bits per heavy atom. The summed E-state index contributed by atoms with van der Waals surface area (Å²) in [5.41, 5.74) is -1.17. The minimum absolute atomic E-state index is 0.110. The number of ether oxygens (including phenoxy) is 5. The highest BCUT2D eigenvalue weighted by atomic mass is 32.2. The van der Waals surface area contributed by atoms with Gasteiger partial charge in [-0.05, 0) is 55.4 Å². The van der Waals surface area contributed by atoms with E-state index in [1.807, 2.05) is 0 Å². The molecule has 2 aromatic heterocycles. The molecule has 17 heteroatoms. The van der Waals surface area contributed by atoms with E-state index in [-0.39, 0.29) is 17.0 Å². The van der Waals surface area contributed by atoms with Crippen molar-refractivity contribution in [3.05, 3.63) is 12.7 Å². The Bertz CT molecular complexity index is 1400. The average molecular weight is 586 g/mol. The van der Waals surface area contributed by atoms with Crippen molar-refractivity contribution < 1.29 is 41.7 Å². The topological polar surface area (TPSA) is 199 Å². The molecule has 3 N–H and O–H groups in total. The number of hydrogen-bond donors (Lipinski definition) is 2. The minimum atomic E-state index is -4.53. The highest BCUT2D eigenvalue weighted by Crippen LogP contribution is 2.44. The number of imidazole rings is 1. The van der Waals surface area contributed by atoms with Gasteiger partial charge in [-0.1, -0.05) is 0 Å². The van der Waals surface area contributed by atoms with Crippen molar-refractivity contribution in [3.8, 4) is 0 Å². The van der Waals surface area contributed by atoms with E-state index in [2.05, 4.69) is 20.3 Å². The summed E-state index contributed by atoms with van der Waals surface area (Å²) in [5, 5.41) is 7.92. The van der Waals surface area contributed by atoms with E-state index in [4.69, 9.17) is 28.8 Å². The molecule has 40 heavy (non-hydrogen) atoms. The number of nitrogens with two attached hydrogens (primary N) is 1. The maximum Gasteiger partial charge on any atom is 0.425 e. The SMILES string of the molecule is CC(C)(C)OC(=O)Nc1ncnc2c1ncn2[C@@H]1O[C@H](CN(C(=O)OC(C)(C)C)S(N)(=O)=O)[C@H]2OC(C)(C)O[C@H]21. The fourth-order valence-corrected chi connectivity index (χ4v) is 4.92. The average Bonchev–Trinajstić information content (AvgIpc) is 3.40. The first-order valence-electron chi connectivity index (χ1n) is 12.5. The Balaban J connectivity index is 1.65. The molecule has 0 aromatic carbocycles. The van der Waals surface area contributed by atoms with Gasteiger partial charge in [0.15, 0.2) is 29.0 Å². The number of aromatic nitrogens is 4. The van der Waals surface area contributed by atoms with Crippen LogP contribution in [0.1, 0.15) is 61.6 Å². The summed E-state index contributed by atoms with van der Waals surface area (Å²) in [6.07, 6.45) is -2.69. The molecule has 0 bridgehead atoms. The molecule has 2 saturated heterocycles. The second-order valence-electron chi connectivity index (χ2n) is 11.9. The summed E-state index contributed by atoms with van der Waals surface area (Å²) in [6.45, 7) is 12.9.